The van der Waals surface area contributed by atoms with Crippen molar-refractivity contribution in [3.63, 3.8) is 0 Å². The Kier molecular flexibility index (Phi) is 6.19. The lowest BCUT2D eigenvalue weighted by Crippen LogP contribution is -2.12. The number of anilines is 1. The number of aryl methyl sites for hydroxylation is 1. The van der Waals surface area contributed by atoms with Crippen LogP contribution in [0.4, 0.5) is 5.69 Å². The highest BCUT2D eigenvalue weighted by molar-refractivity contribution is 6.08. The topological polar surface area (TPSA) is 107 Å². The monoisotopic (exact) mass is 480 g/mol. The van der Waals surface area contributed by atoms with Crippen LogP contribution in [0, 0.1) is 6.92 Å². The smallest absolute Gasteiger partial charge is 0.259 e. The fourth-order valence-corrected chi connectivity index (χ4v) is 3.86. The number of H-pyrrole nitrogens is 1. The zero-order valence-electron chi connectivity index (χ0n) is 20.0. The normalized spacial score (nSPS) is 10.8. The molecule has 2 N–H and O–H groups in total. The second-order valence-corrected chi connectivity index (χ2v) is 8.02. The van der Waals surface area contributed by atoms with E-state index in [9.17, 15) is 4.79 Å². The summed E-state index contributed by atoms with van der Waals surface area (Å²) in [4.78, 5) is 18.0. The predicted octanol–water partition coefficient (Wildman–Crippen LogP) is 4.90. The van der Waals surface area contributed by atoms with E-state index in [2.05, 4.69) is 20.5 Å². The summed E-state index contributed by atoms with van der Waals surface area (Å²) in [5, 5.41) is 14.8. The van der Waals surface area contributed by atoms with Crippen LogP contribution in [-0.4, -0.2) is 45.1 Å². The Hall–Kier alpha value is -4.92. The molecule has 0 aliphatic carbocycles. The molecule has 0 unspecified atom stereocenters. The van der Waals surface area contributed by atoms with E-state index >= 15 is 0 Å². The molecular formula is C27H24N6O3. The Morgan fingerprint density at radius 3 is 2.53 bits per heavy atom. The van der Waals surface area contributed by atoms with Gasteiger partial charge in [-0.05, 0) is 49.4 Å². The molecule has 9 nitrogen and oxygen atoms in total. The molecule has 9 heteroatoms. The Labute approximate surface area is 207 Å². The number of para-hydroxylation sites is 1. The minimum Gasteiger partial charge on any atom is -0.497 e. The number of carbonyl (C=O) groups is 1. The number of hydrogen-bond donors (Lipinski definition) is 2. The first-order valence-corrected chi connectivity index (χ1v) is 11.2. The quantitative estimate of drug-likeness (QED) is 0.343. The SMILES string of the molecule is COc1ccc(OC)c(-c2nn(-c3ccccc3)cc2C(=O)Nc2cccc(-c3n[nH]c(C)n3)c2)c1. The molecule has 0 aliphatic rings. The molecule has 36 heavy (non-hydrogen) atoms. The Balaban J connectivity index is 1.56. The molecule has 0 fully saturated rings. The third-order valence-corrected chi connectivity index (χ3v) is 5.62. The zero-order valence-corrected chi connectivity index (χ0v) is 20.0. The molecule has 180 valence electrons. The number of nitrogens with zero attached hydrogens (tertiary/aromatic N) is 4. The van der Waals surface area contributed by atoms with E-state index in [0.29, 0.717) is 45.7 Å². The lowest BCUT2D eigenvalue weighted by molar-refractivity contribution is 0.102. The van der Waals surface area contributed by atoms with Crippen LogP contribution < -0.4 is 14.8 Å². The Morgan fingerprint density at radius 1 is 0.972 bits per heavy atom. The maximum atomic E-state index is 13.6. The minimum atomic E-state index is -0.319. The van der Waals surface area contributed by atoms with Gasteiger partial charge in [0, 0.05) is 23.0 Å². The third kappa shape index (κ3) is 4.54. The number of aromatic amines is 1. The van der Waals surface area contributed by atoms with Gasteiger partial charge in [0.1, 0.15) is 23.0 Å². The van der Waals surface area contributed by atoms with E-state index < -0.39 is 0 Å². The van der Waals surface area contributed by atoms with E-state index in [4.69, 9.17) is 14.6 Å². The average Bonchev–Trinajstić information content (AvgIpc) is 3.56. The van der Waals surface area contributed by atoms with Crippen molar-refractivity contribution in [1.82, 2.24) is 25.0 Å². The summed E-state index contributed by atoms with van der Waals surface area (Å²) in [7, 11) is 3.17. The van der Waals surface area contributed by atoms with Gasteiger partial charge in [0.05, 0.1) is 25.5 Å². The van der Waals surface area contributed by atoms with Gasteiger partial charge in [-0.15, -0.1) is 0 Å². The van der Waals surface area contributed by atoms with Gasteiger partial charge in [0.25, 0.3) is 5.91 Å². The second kappa shape index (κ2) is 9.75. The van der Waals surface area contributed by atoms with Crippen molar-refractivity contribution >= 4 is 11.6 Å². The standard InChI is InChI=1S/C27H24N6O3/c1-17-28-26(31-30-17)18-8-7-9-19(14-18)29-27(34)23-16-33(20-10-5-4-6-11-20)32-25(23)22-15-21(35-2)12-13-24(22)36-3/h4-16H,1-3H3,(H,29,34)(H,28,30,31). The van der Waals surface area contributed by atoms with Crippen LogP contribution in [-0.2, 0) is 0 Å². The van der Waals surface area contributed by atoms with Crippen LogP contribution in [0.3, 0.4) is 0 Å². The van der Waals surface area contributed by atoms with Gasteiger partial charge >= 0.3 is 0 Å². The van der Waals surface area contributed by atoms with Crippen LogP contribution >= 0.6 is 0 Å². The van der Waals surface area contributed by atoms with Crippen molar-refractivity contribution in [3.05, 3.63) is 90.4 Å². The second-order valence-electron chi connectivity index (χ2n) is 8.02. The van der Waals surface area contributed by atoms with Crippen LogP contribution in [0.1, 0.15) is 16.2 Å². The maximum absolute atomic E-state index is 13.6. The van der Waals surface area contributed by atoms with Gasteiger partial charge in [-0.3, -0.25) is 9.89 Å². The van der Waals surface area contributed by atoms with Gasteiger partial charge in [0.2, 0.25) is 0 Å². The van der Waals surface area contributed by atoms with E-state index in [1.807, 2.05) is 61.5 Å². The van der Waals surface area contributed by atoms with E-state index in [1.165, 1.54) is 0 Å². The van der Waals surface area contributed by atoms with E-state index in [-0.39, 0.29) is 5.91 Å². The maximum Gasteiger partial charge on any atom is 0.259 e. The molecule has 0 saturated heterocycles. The summed E-state index contributed by atoms with van der Waals surface area (Å²) in [6, 6.07) is 22.4. The highest BCUT2D eigenvalue weighted by Crippen LogP contribution is 2.35. The summed E-state index contributed by atoms with van der Waals surface area (Å²) in [6.45, 7) is 1.83. The van der Waals surface area contributed by atoms with Gasteiger partial charge in [-0.25, -0.2) is 9.67 Å². The van der Waals surface area contributed by atoms with Gasteiger partial charge < -0.3 is 14.8 Å². The Morgan fingerprint density at radius 2 is 1.81 bits per heavy atom. The van der Waals surface area contributed by atoms with Crippen LogP contribution in [0.25, 0.3) is 28.3 Å². The van der Waals surface area contributed by atoms with Gasteiger partial charge in [-0.2, -0.15) is 10.2 Å². The lowest BCUT2D eigenvalue weighted by Gasteiger charge is -2.11. The van der Waals surface area contributed by atoms with Crippen molar-refractivity contribution in [2.24, 2.45) is 0 Å². The molecule has 5 rings (SSSR count). The van der Waals surface area contributed by atoms with Crippen molar-refractivity contribution in [2.75, 3.05) is 19.5 Å². The van der Waals surface area contributed by atoms with E-state index in [0.717, 1.165) is 11.3 Å². The molecule has 0 bridgehead atoms. The molecule has 2 aromatic heterocycles. The highest BCUT2D eigenvalue weighted by atomic mass is 16.5. The van der Waals surface area contributed by atoms with Crippen LogP contribution in [0.15, 0.2) is 79.0 Å². The third-order valence-electron chi connectivity index (χ3n) is 5.62. The van der Waals surface area contributed by atoms with Crippen LogP contribution in [0.5, 0.6) is 11.5 Å². The fourth-order valence-electron chi connectivity index (χ4n) is 3.86. The number of benzene rings is 3. The van der Waals surface area contributed by atoms with Crippen molar-refractivity contribution in [2.45, 2.75) is 6.92 Å². The number of aromatic nitrogens is 5. The molecule has 0 atom stereocenters. The number of ether oxygens (including phenoxy) is 2. The first-order chi connectivity index (χ1) is 17.6. The number of nitrogens with one attached hydrogen (secondary N) is 2. The van der Waals surface area contributed by atoms with Gasteiger partial charge in [0.15, 0.2) is 5.82 Å². The Bertz CT molecular complexity index is 1520. The van der Waals surface area contributed by atoms with Gasteiger partial charge in [-0.1, -0.05) is 30.3 Å². The molecule has 5 aromatic rings. The summed E-state index contributed by atoms with van der Waals surface area (Å²) in [5.74, 6) is 2.15. The van der Waals surface area contributed by atoms with Crippen molar-refractivity contribution in [1.29, 1.82) is 0 Å². The fraction of sp³-hybridized carbons (Fsp3) is 0.111. The van der Waals surface area contributed by atoms with Crippen molar-refractivity contribution in [3.8, 4) is 39.8 Å². The number of carbonyl (C=O) groups excluding carboxylic acids is 1. The predicted molar refractivity (Wildman–Crippen MR) is 137 cm³/mol. The number of methoxy groups -OCH3 is 2. The largest absolute Gasteiger partial charge is 0.497 e. The first kappa shape index (κ1) is 22.9. The first-order valence-electron chi connectivity index (χ1n) is 11.2. The van der Waals surface area contributed by atoms with E-state index in [1.54, 1.807) is 43.3 Å². The number of hydrogen-bond acceptors (Lipinski definition) is 6. The number of amides is 1. The zero-order chi connectivity index (χ0) is 25.1. The average molecular weight is 481 g/mol. The molecule has 0 aliphatic heterocycles. The molecule has 0 saturated carbocycles. The molecule has 1 amide bonds. The summed E-state index contributed by atoms with van der Waals surface area (Å²) < 4.78 is 12.7. The molecule has 2 heterocycles. The van der Waals surface area contributed by atoms with Crippen LogP contribution in [0.2, 0.25) is 0 Å². The number of rotatable bonds is 7. The molecule has 0 spiro atoms. The summed E-state index contributed by atoms with van der Waals surface area (Å²) in [6.07, 6.45) is 1.71. The van der Waals surface area contributed by atoms with Crippen molar-refractivity contribution < 1.29 is 14.3 Å². The highest BCUT2D eigenvalue weighted by Gasteiger charge is 2.22. The molecule has 3 aromatic carbocycles. The minimum absolute atomic E-state index is 0.319. The summed E-state index contributed by atoms with van der Waals surface area (Å²) >= 11 is 0. The molecular weight excluding hydrogens is 456 g/mol. The molecule has 0 radical (unpaired) electrons. The summed E-state index contributed by atoms with van der Waals surface area (Å²) in [5.41, 5.74) is 3.70. The lowest BCUT2D eigenvalue weighted by atomic mass is 10.1.